The van der Waals surface area contributed by atoms with E-state index in [2.05, 4.69) is 4.90 Å². The molecular weight excluding hydrogens is 421 g/mol. The molecule has 3 rings (SSSR count). The molecule has 1 saturated heterocycles. The predicted octanol–water partition coefficient (Wildman–Crippen LogP) is 4.20. The molecule has 0 saturated carbocycles. The molecule has 0 aromatic heterocycles. The Hall–Kier alpha value is -2.45. The summed E-state index contributed by atoms with van der Waals surface area (Å²) in [6.07, 6.45) is -4.53. The Kier molecular flexibility index (Phi) is 7.10. The number of carbonyl (C=O) groups is 1. The third kappa shape index (κ3) is 5.37. The van der Waals surface area contributed by atoms with Gasteiger partial charge >= 0.3 is 6.18 Å². The van der Waals surface area contributed by atoms with E-state index < -0.39 is 11.7 Å². The number of para-hydroxylation sites is 1. The van der Waals surface area contributed by atoms with Gasteiger partial charge in [0.15, 0.2) is 0 Å². The predicted molar refractivity (Wildman–Crippen MR) is 107 cm³/mol. The molecule has 0 aliphatic carbocycles. The molecule has 162 valence electrons. The summed E-state index contributed by atoms with van der Waals surface area (Å²) in [5.74, 6) is 0.584. The number of amides is 1. The van der Waals surface area contributed by atoms with Crippen LogP contribution in [0.5, 0.6) is 11.5 Å². The topological polar surface area (TPSA) is 42.0 Å². The van der Waals surface area contributed by atoms with Crippen molar-refractivity contribution < 1.29 is 27.4 Å². The summed E-state index contributed by atoms with van der Waals surface area (Å²) in [6, 6.07) is 10.6. The Bertz CT molecular complexity index is 884. The number of rotatable bonds is 6. The lowest BCUT2D eigenvalue weighted by Crippen LogP contribution is -2.49. The summed E-state index contributed by atoms with van der Waals surface area (Å²) in [5.41, 5.74) is -0.384. The van der Waals surface area contributed by atoms with E-state index in [1.54, 1.807) is 23.1 Å². The molecule has 2 aromatic rings. The van der Waals surface area contributed by atoms with E-state index in [1.165, 1.54) is 19.2 Å². The first-order valence-electron chi connectivity index (χ1n) is 9.44. The highest BCUT2D eigenvalue weighted by molar-refractivity contribution is 6.31. The highest BCUT2D eigenvalue weighted by Crippen LogP contribution is 2.36. The van der Waals surface area contributed by atoms with Crippen LogP contribution in [0.1, 0.15) is 15.9 Å². The van der Waals surface area contributed by atoms with Gasteiger partial charge in [0.1, 0.15) is 18.1 Å². The number of benzene rings is 2. The maximum absolute atomic E-state index is 12.9. The molecule has 0 N–H and O–H groups in total. The molecule has 1 heterocycles. The van der Waals surface area contributed by atoms with Crippen molar-refractivity contribution in [3.63, 3.8) is 0 Å². The zero-order valence-electron chi connectivity index (χ0n) is 16.4. The lowest BCUT2D eigenvalue weighted by atomic mass is 10.1. The van der Waals surface area contributed by atoms with Crippen molar-refractivity contribution in [2.45, 2.75) is 6.18 Å². The van der Waals surface area contributed by atoms with Gasteiger partial charge in [-0.3, -0.25) is 9.69 Å². The van der Waals surface area contributed by atoms with Crippen molar-refractivity contribution >= 4 is 17.5 Å². The minimum atomic E-state index is -4.53. The van der Waals surface area contributed by atoms with Crippen LogP contribution in [-0.4, -0.2) is 62.1 Å². The first-order valence-corrected chi connectivity index (χ1v) is 9.81. The fraction of sp³-hybridized carbons (Fsp3) is 0.381. The minimum Gasteiger partial charge on any atom is -0.496 e. The van der Waals surface area contributed by atoms with Gasteiger partial charge in [0.25, 0.3) is 5.91 Å². The van der Waals surface area contributed by atoms with Gasteiger partial charge in [-0.1, -0.05) is 23.7 Å². The quantitative estimate of drug-likeness (QED) is 0.672. The Morgan fingerprint density at radius 3 is 2.47 bits per heavy atom. The SMILES string of the molecule is COc1ccccc1C(=O)N1CCN(CCOc2ccc(Cl)c(C(F)(F)F)c2)CC1. The van der Waals surface area contributed by atoms with E-state index in [0.717, 1.165) is 6.07 Å². The van der Waals surface area contributed by atoms with Crippen molar-refractivity contribution in [1.82, 2.24) is 9.80 Å². The molecule has 0 radical (unpaired) electrons. The lowest BCUT2D eigenvalue weighted by Gasteiger charge is -2.34. The van der Waals surface area contributed by atoms with E-state index in [-0.39, 0.29) is 23.3 Å². The standard InChI is InChI=1S/C21H22ClF3N2O3/c1-29-19-5-3-2-4-16(19)20(28)27-10-8-26(9-11-27)12-13-30-15-6-7-18(22)17(14-15)21(23,24)25/h2-7,14H,8-13H2,1H3. The third-order valence-electron chi connectivity index (χ3n) is 4.92. The molecule has 0 unspecified atom stereocenters. The maximum Gasteiger partial charge on any atom is 0.417 e. The Morgan fingerprint density at radius 1 is 1.10 bits per heavy atom. The van der Waals surface area contributed by atoms with Crippen LogP contribution in [0.25, 0.3) is 0 Å². The molecule has 5 nitrogen and oxygen atoms in total. The molecule has 0 atom stereocenters. The second kappa shape index (κ2) is 9.57. The largest absolute Gasteiger partial charge is 0.496 e. The first-order chi connectivity index (χ1) is 14.3. The normalized spacial score (nSPS) is 15.2. The van der Waals surface area contributed by atoms with Gasteiger partial charge in [-0.25, -0.2) is 0 Å². The maximum atomic E-state index is 12.9. The summed E-state index contributed by atoms with van der Waals surface area (Å²) >= 11 is 5.62. The smallest absolute Gasteiger partial charge is 0.417 e. The Labute approximate surface area is 177 Å². The van der Waals surface area contributed by atoms with Crippen LogP contribution < -0.4 is 9.47 Å². The fourth-order valence-electron chi connectivity index (χ4n) is 3.27. The van der Waals surface area contributed by atoms with Crippen molar-refractivity contribution in [2.24, 2.45) is 0 Å². The molecule has 1 fully saturated rings. The van der Waals surface area contributed by atoms with Crippen LogP contribution in [0.4, 0.5) is 13.2 Å². The van der Waals surface area contributed by atoms with Crippen LogP contribution in [0.15, 0.2) is 42.5 Å². The zero-order valence-corrected chi connectivity index (χ0v) is 17.2. The number of hydrogen-bond donors (Lipinski definition) is 0. The number of methoxy groups -OCH3 is 1. The fourth-order valence-corrected chi connectivity index (χ4v) is 3.49. The summed E-state index contributed by atoms with van der Waals surface area (Å²) in [4.78, 5) is 16.6. The van der Waals surface area contributed by atoms with E-state index >= 15 is 0 Å². The summed E-state index contributed by atoms with van der Waals surface area (Å²) < 4.78 is 49.5. The van der Waals surface area contributed by atoms with Gasteiger partial charge in [-0.15, -0.1) is 0 Å². The molecule has 9 heteroatoms. The Morgan fingerprint density at radius 2 is 1.80 bits per heavy atom. The van der Waals surface area contributed by atoms with Crippen LogP contribution >= 0.6 is 11.6 Å². The van der Waals surface area contributed by atoms with Gasteiger partial charge in [0, 0.05) is 32.7 Å². The van der Waals surface area contributed by atoms with Crippen molar-refractivity contribution in [3.05, 3.63) is 58.6 Å². The van der Waals surface area contributed by atoms with Crippen LogP contribution in [0.2, 0.25) is 5.02 Å². The van der Waals surface area contributed by atoms with Crippen LogP contribution in [0, 0.1) is 0 Å². The van der Waals surface area contributed by atoms with Crippen LogP contribution in [-0.2, 0) is 6.18 Å². The number of alkyl halides is 3. The second-order valence-corrected chi connectivity index (χ2v) is 7.23. The molecular formula is C21H22ClF3N2O3. The van der Waals surface area contributed by atoms with Crippen molar-refractivity contribution in [2.75, 3.05) is 46.4 Å². The minimum absolute atomic E-state index is 0.0794. The number of hydrogen-bond acceptors (Lipinski definition) is 4. The average molecular weight is 443 g/mol. The van der Waals surface area contributed by atoms with E-state index in [4.69, 9.17) is 21.1 Å². The van der Waals surface area contributed by atoms with E-state index in [0.29, 0.717) is 44.0 Å². The molecule has 2 aromatic carbocycles. The number of ether oxygens (including phenoxy) is 2. The highest BCUT2D eigenvalue weighted by Gasteiger charge is 2.33. The van der Waals surface area contributed by atoms with Gasteiger partial charge in [-0.2, -0.15) is 13.2 Å². The van der Waals surface area contributed by atoms with Crippen molar-refractivity contribution in [1.29, 1.82) is 0 Å². The van der Waals surface area contributed by atoms with Gasteiger partial charge in [0.2, 0.25) is 0 Å². The van der Waals surface area contributed by atoms with E-state index in [1.807, 2.05) is 6.07 Å². The molecule has 1 amide bonds. The molecule has 1 aliphatic rings. The number of nitrogens with zero attached hydrogens (tertiary/aromatic N) is 2. The monoisotopic (exact) mass is 442 g/mol. The van der Waals surface area contributed by atoms with Gasteiger partial charge < -0.3 is 14.4 Å². The zero-order chi connectivity index (χ0) is 21.7. The number of carbonyl (C=O) groups excluding carboxylic acids is 1. The number of piperazine rings is 1. The summed E-state index contributed by atoms with van der Waals surface area (Å²) in [6.45, 7) is 3.18. The molecule has 1 aliphatic heterocycles. The average Bonchev–Trinajstić information content (AvgIpc) is 2.74. The summed E-state index contributed by atoms with van der Waals surface area (Å²) in [7, 11) is 1.53. The molecule has 0 bridgehead atoms. The lowest BCUT2D eigenvalue weighted by molar-refractivity contribution is -0.137. The second-order valence-electron chi connectivity index (χ2n) is 6.82. The van der Waals surface area contributed by atoms with Crippen molar-refractivity contribution in [3.8, 4) is 11.5 Å². The molecule has 0 spiro atoms. The molecule has 30 heavy (non-hydrogen) atoms. The van der Waals surface area contributed by atoms with Crippen LogP contribution in [0.3, 0.4) is 0 Å². The number of halogens is 4. The highest BCUT2D eigenvalue weighted by atomic mass is 35.5. The van der Waals surface area contributed by atoms with E-state index in [9.17, 15) is 18.0 Å². The summed E-state index contributed by atoms with van der Waals surface area (Å²) in [5, 5.41) is -0.356. The third-order valence-corrected chi connectivity index (χ3v) is 5.25. The van der Waals surface area contributed by atoms with Gasteiger partial charge in [-0.05, 0) is 30.3 Å². The Balaban J connectivity index is 1.48. The van der Waals surface area contributed by atoms with Gasteiger partial charge in [0.05, 0.1) is 23.3 Å². The first kappa shape index (κ1) is 22.2.